The van der Waals surface area contributed by atoms with Gasteiger partial charge in [-0.05, 0) is 28.3 Å². The fraction of sp³-hybridized carbons (Fsp3) is 0.538. The lowest BCUT2D eigenvalue weighted by atomic mass is 10.2. The second-order valence-corrected chi connectivity index (χ2v) is 5.37. The molecule has 2 amide bonds. The van der Waals surface area contributed by atoms with Gasteiger partial charge in [0.05, 0.1) is 0 Å². The van der Waals surface area contributed by atoms with Crippen LogP contribution in [0, 0.1) is 5.92 Å². The molecule has 1 rings (SSSR count). The number of ether oxygens (including phenoxy) is 1. The first-order valence-electron chi connectivity index (χ1n) is 6.15. The molecule has 1 heterocycles. The topological polar surface area (TPSA) is 67.4 Å². The van der Waals surface area contributed by atoms with E-state index in [-0.39, 0.29) is 12.6 Å². The van der Waals surface area contributed by atoms with Crippen molar-refractivity contribution in [2.45, 2.75) is 20.0 Å². The van der Waals surface area contributed by atoms with Crippen molar-refractivity contribution < 1.29 is 14.3 Å². The Balaban J connectivity index is 2.38. The molecule has 1 aromatic rings. The van der Waals surface area contributed by atoms with Gasteiger partial charge in [-0.25, -0.2) is 0 Å². The second kappa shape index (κ2) is 7.91. The molecule has 0 aromatic carbocycles. The van der Waals surface area contributed by atoms with Gasteiger partial charge in [0.2, 0.25) is 0 Å². The average Bonchev–Trinajstić information content (AvgIpc) is 2.90. The molecule has 0 aliphatic carbocycles. The highest BCUT2D eigenvalue weighted by Crippen LogP contribution is 2.18. The molecule has 0 radical (unpaired) electrons. The van der Waals surface area contributed by atoms with Gasteiger partial charge in [0, 0.05) is 20.2 Å². The highest BCUT2D eigenvalue weighted by Gasteiger charge is 2.17. The van der Waals surface area contributed by atoms with Crippen LogP contribution in [-0.2, 0) is 14.3 Å². The monoisotopic (exact) mass is 284 g/mol. The Morgan fingerprint density at radius 1 is 1.26 bits per heavy atom. The highest BCUT2D eigenvalue weighted by atomic mass is 32.1. The summed E-state index contributed by atoms with van der Waals surface area (Å²) >= 11 is 1.56. The summed E-state index contributed by atoms with van der Waals surface area (Å²) < 4.78 is 5.28. The fourth-order valence-corrected chi connectivity index (χ4v) is 2.14. The normalized spacial score (nSPS) is 12.2. The van der Waals surface area contributed by atoms with Gasteiger partial charge in [0.25, 0.3) is 0 Å². The van der Waals surface area contributed by atoms with Gasteiger partial charge in [0.1, 0.15) is 6.10 Å². The summed E-state index contributed by atoms with van der Waals surface area (Å²) in [6, 6.07) is 1.93. The summed E-state index contributed by atoms with van der Waals surface area (Å²) in [6.45, 7) is 4.71. The van der Waals surface area contributed by atoms with E-state index in [1.54, 1.807) is 18.4 Å². The first kappa shape index (κ1) is 15.7. The van der Waals surface area contributed by atoms with E-state index in [9.17, 15) is 9.59 Å². The molecule has 0 saturated carbocycles. The Morgan fingerprint density at radius 2 is 1.89 bits per heavy atom. The van der Waals surface area contributed by atoms with E-state index in [0.717, 1.165) is 5.56 Å². The standard InChI is InChI=1S/C13H20N2O3S/c1-9(2)6-14-12(16)13(17)15-7-11(18-3)10-4-5-19-8-10/h4-5,8-9,11H,6-7H2,1-3H3,(H,14,16)(H,15,17). The van der Waals surface area contributed by atoms with Crippen LogP contribution in [0.5, 0.6) is 0 Å². The first-order chi connectivity index (χ1) is 9.04. The smallest absolute Gasteiger partial charge is 0.309 e. The second-order valence-electron chi connectivity index (χ2n) is 4.59. The van der Waals surface area contributed by atoms with Crippen molar-refractivity contribution in [3.05, 3.63) is 22.4 Å². The van der Waals surface area contributed by atoms with Crippen LogP contribution >= 0.6 is 11.3 Å². The molecule has 1 aromatic heterocycles. The van der Waals surface area contributed by atoms with Crippen LogP contribution in [0.2, 0.25) is 0 Å². The maximum atomic E-state index is 11.6. The Morgan fingerprint density at radius 3 is 2.37 bits per heavy atom. The van der Waals surface area contributed by atoms with Gasteiger partial charge in [-0.1, -0.05) is 13.8 Å². The largest absolute Gasteiger partial charge is 0.375 e. The number of nitrogens with one attached hydrogen (secondary N) is 2. The van der Waals surface area contributed by atoms with Gasteiger partial charge >= 0.3 is 11.8 Å². The summed E-state index contributed by atoms with van der Waals surface area (Å²) in [7, 11) is 1.58. The molecule has 19 heavy (non-hydrogen) atoms. The molecule has 2 N–H and O–H groups in total. The quantitative estimate of drug-likeness (QED) is 0.774. The molecule has 0 saturated heterocycles. The molecule has 1 unspecified atom stereocenters. The lowest BCUT2D eigenvalue weighted by Gasteiger charge is -2.15. The van der Waals surface area contributed by atoms with E-state index in [4.69, 9.17) is 4.74 Å². The number of carbonyl (C=O) groups is 2. The molecule has 5 nitrogen and oxygen atoms in total. The molecular formula is C13H20N2O3S. The van der Waals surface area contributed by atoms with Gasteiger partial charge in [0.15, 0.2) is 0 Å². The molecule has 0 bridgehead atoms. The summed E-state index contributed by atoms with van der Waals surface area (Å²) in [5, 5.41) is 9.04. The van der Waals surface area contributed by atoms with Crippen LogP contribution in [0.3, 0.4) is 0 Å². The maximum Gasteiger partial charge on any atom is 0.309 e. The number of rotatable bonds is 6. The predicted octanol–water partition coefficient (Wildman–Crippen LogP) is 1.32. The number of amides is 2. The minimum Gasteiger partial charge on any atom is -0.375 e. The predicted molar refractivity (Wildman–Crippen MR) is 74.9 cm³/mol. The minimum atomic E-state index is -0.627. The summed E-state index contributed by atoms with van der Waals surface area (Å²) in [5.41, 5.74) is 0.996. The highest BCUT2D eigenvalue weighted by molar-refractivity contribution is 7.07. The fourth-order valence-electron chi connectivity index (χ4n) is 1.44. The lowest BCUT2D eigenvalue weighted by Crippen LogP contribution is -2.42. The summed E-state index contributed by atoms with van der Waals surface area (Å²) in [4.78, 5) is 23.0. The number of thiophene rings is 1. The Kier molecular flexibility index (Phi) is 6.52. The minimum absolute atomic E-state index is 0.229. The zero-order valence-corrected chi connectivity index (χ0v) is 12.3. The van der Waals surface area contributed by atoms with Crippen molar-refractivity contribution in [1.29, 1.82) is 0 Å². The summed E-state index contributed by atoms with van der Waals surface area (Å²) in [6.07, 6.45) is -0.229. The molecule has 0 aliphatic heterocycles. The maximum absolute atomic E-state index is 11.6. The lowest BCUT2D eigenvalue weighted by molar-refractivity contribution is -0.139. The van der Waals surface area contributed by atoms with E-state index in [0.29, 0.717) is 12.5 Å². The molecule has 0 spiro atoms. The van der Waals surface area contributed by atoms with Crippen LogP contribution in [0.15, 0.2) is 16.8 Å². The van der Waals surface area contributed by atoms with Crippen molar-refractivity contribution in [3.63, 3.8) is 0 Å². The van der Waals surface area contributed by atoms with Crippen LogP contribution in [0.4, 0.5) is 0 Å². The van der Waals surface area contributed by atoms with E-state index in [2.05, 4.69) is 10.6 Å². The summed E-state index contributed by atoms with van der Waals surface area (Å²) in [5.74, 6) is -0.916. The number of carbonyl (C=O) groups excluding carboxylic acids is 2. The van der Waals surface area contributed by atoms with Gasteiger partial charge in [-0.3, -0.25) is 9.59 Å². The van der Waals surface area contributed by atoms with E-state index < -0.39 is 11.8 Å². The van der Waals surface area contributed by atoms with Gasteiger partial charge < -0.3 is 15.4 Å². The first-order valence-corrected chi connectivity index (χ1v) is 7.09. The third kappa shape index (κ3) is 5.40. The van der Waals surface area contributed by atoms with E-state index >= 15 is 0 Å². The molecule has 0 aliphatic rings. The third-order valence-electron chi connectivity index (χ3n) is 2.52. The van der Waals surface area contributed by atoms with Crippen molar-refractivity contribution in [2.24, 2.45) is 5.92 Å². The van der Waals surface area contributed by atoms with Crippen molar-refractivity contribution in [3.8, 4) is 0 Å². The Bertz CT molecular complexity index is 404. The Labute approximate surface area is 117 Å². The average molecular weight is 284 g/mol. The number of methoxy groups -OCH3 is 1. The molecule has 0 fully saturated rings. The zero-order valence-electron chi connectivity index (χ0n) is 11.4. The molecule has 1 atom stereocenters. The van der Waals surface area contributed by atoms with E-state index in [1.165, 1.54) is 0 Å². The van der Waals surface area contributed by atoms with Crippen LogP contribution < -0.4 is 10.6 Å². The number of hydrogen-bond acceptors (Lipinski definition) is 4. The molecule has 106 valence electrons. The van der Waals surface area contributed by atoms with Crippen LogP contribution in [-0.4, -0.2) is 32.0 Å². The number of hydrogen-bond donors (Lipinski definition) is 2. The zero-order chi connectivity index (χ0) is 14.3. The van der Waals surface area contributed by atoms with Crippen LogP contribution in [0.25, 0.3) is 0 Å². The Hall–Kier alpha value is -1.40. The third-order valence-corrected chi connectivity index (χ3v) is 3.23. The molecular weight excluding hydrogens is 264 g/mol. The van der Waals surface area contributed by atoms with Gasteiger partial charge in [-0.15, -0.1) is 0 Å². The van der Waals surface area contributed by atoms with Gasteiger partial charge in [-0.2, -0.15) is 11.3 Å². The van der Waals surface area contributed by atoms with E-state index in [1.807, 2.05) is 30.7 Å². The SMILES string of the molecule is COC(CNC(=O)C(=O)NCC(C)C)c1ccsc1. The van der Waals surface area contributed by atoms with Crippen molar-refractivity contribution in [1.82, 2.24) is 10.6 Å². The van der Waals surface area contributed by atoms with Crippen LogP contribution in [0.1, 0.15) is 25.5 Å². The van der Waals surface area contributed by atoms with Crippen molar-refractivity contribution >= 4 is 23.2 Å². The molecule has 6 heteroatoms. The van der Waals surface area contributed by atoms with Crippen molar-refractivity contribution in [2.75, 3.05) is 20.2 Å².